The molecule has 3 heterocycles. The molecule has 1 aliphatic rings. The van der Waals surface area contributed by atoms with Crippen LogP contribution in [0.3, 0.4) is 0 Å². The third kappa shape index (κ3) is 4.22. The van der Waals surface area contributed by atoms with Crippen molar-refractivity contribution in [1.82, 2.24) is 9.97 Å². The smallest absolute Gasteiger partial charge is 0.343 e. The molecular weight excluding hydrogens is 332 g/mol. The van der Waals surface area contributed by atoms with Crippen LogP contribution >= 0.6 is 0 Å². The fourth-order valence-electron chi connectivity index (χ4n) is 3.02. The summed E-state index contributed by atoms with van der Waals surface area (Å²) in [6, 6.07) is 7.48. The number of methoxy groups -OCH3 is 2. The molecule has 1 saturated heterocycles. The summed E-state index contributed by atoms with van der Waals surface area (Å²) in [5.74, 6) is 1.42. The lowest BCUT2D eigenvalue weighted by Gasteiger charge is -2.27. The molecule has 0 atom stereocenters. The van der Waals surface area contributed by atoms with Crippen molar-refractivity contribution in [3.05, 3.63) is 41.6 Å². The molecule has 0 radical (unpaired) electrons. The molecule has 1 aliphatic heterocycles. The number of rotatable bonds is 6. The monoisotopic (exact) mass is 356 g/mol. The summed E-state index contributed by atoms with van der Waals surface area (Å²) in [4.78, 5) is 22.9. The van der Waals surface area contributed by atoms with E-state index in [1.165, 1.54) is 33.5 Å². The quantitative estimate of drug-likeness (QED) is 0.798. The van der Waals surface area contributed by atoms with Crippen LogP contribution in [0.25, 0.3) is 0 Å². The molecule has 0 amide bonds. The van der Waals surface area contributed by atoms with Gasteiger partial charge in [-0.25, -0.2) is 9.78 Å². The van der Waals surface area contributed by atoms with E-state index >= 15 is 0 Å². The summed E-state index contributed by atoms with van der Waals surface area (Å²) < 4.78 is 9.92. The van der Waals surface area contributed by atoms with Gasteiger partial charge in [0.25, 0.3) is 0 Å². The number of pyridine rings is 2. The van der Waals surface area contributed by atoms with Gasteiger partial charge in [-0.15, -0.1) is 0 Å². The highest BCUT2D eigenvalue weighted by Gasteiger charge is 2.15. The third-order valence-electron chi connectivity index (χ3n) is 4.42. The molecule has 0 bridgehead atoms. The van der Waals surface area contributed by atoms with E-state index in [1.807, 2.05) is 12.3 Å². The molecule has 3 rings (SSSR count). The minimum absolute atomic E-state index is 0.241. The Balaban J connectivity index is 1.68. The topological polar surface area (TPSA) is 76.6 Å². The number of piperidine rings is 1. The molecule has 7 heteroatoms. The fourth-order valence-corrected chi connectivity index (χ4v) is 3.02. The van der Waals surface area contributed by atoms with Gasteiger partial charge in [0.05, 0.1) is 14.2 Å². The van der Waals surface area contributed by atoms with Crippen LogP contribution in [0.4, 0.5) is 11.6 Å². The van der Waals surface area contributed by atoms with Gasteiger partial charge in [0.2, 0.25) is 5.88 Å². The predicted octanol–water partition coefficient (Wildman–Crippen LogP) is 2.87. The molecule has 0 spiro atoms. The second-order valence-corrected chi connectivity index (χ2v) is 6.17. The first-order valence-corrected chi connectivity index (χ1v) is 8.78. The SMILES string of the molecule is COC(=O)c1ccc(NCc2ccnc(N3CCCCC3)c2)nc1OC. The van der Waals surface area contributed by atoms with Crippen LogP contribution < -0.4 is 15.0 Å². The van der Waals surface area contributed by atoms with Crippen LogP contribution in [-0.4, -0.2) is 43.2 Å². The number of esters is 1. The third-order valence-corrected chi connectivity index (χ3v) is 4.42. The first-order valence-electron chi connectivity index (χ1n) is 8.78. The van der Waals surface area contributed by atoms with Gasteiger partial charge in [0, 0.05) is 25.8 Å². The zero-order valence-corrected chi connectivity index (χ0v) is 15.2. The zero-order valence-electron chi connectivity index (χ0n) is 15.2. The molecule has 26 heavy (non-hydrogen) atoms. The summed E-state index contributed by atoms with van der Waals surface area (Å²) in [5, 5.41) is 3.26. The van der Waals surface area contributed by atoms with E-state index in [2.05, 4.69) is 26.3 Å². The van der Waals surface area contributed by atoms with Crippen LogP contribution in [0.1, 0.15) is 35.2 Å². The Morgan fingerprint density at radius 1 is 1.19 bits per heavy atom. The lowest BCUT2D eigenvalue weighted by atomic mass is 10.1. The lowest BCUT2D eigenvalue weighted by Crippen LogP contribution is -2.30. The number of carbonyl (C=O) groups is 1. The minimum atomic E-state index is -0.471. The summed E-state index contributed by atoms with van der Waals surface area (Å²) in [6.45, 7) is 2.74. The molecule has 0 saturated carbocycles. The van der Waals surface area contributed by atoms with Crippen molar-refractivity contribution in [2.75, 3.05) is 37.5 Å². The summed E-state index contributed by atoms with van der Waals surface area (Å²) >= 11 is 0. The minimum Gasteiger partial charge on any atom is -0.480 e. The van der Waals surface area contributed by atoms with Gasteiger partial charge in [-0.3, -0.25) is 0 Å². The number of anilines is 2. The van der Waals surface area contributed by atoms with Gasteiger partial charge in [0.1, 0.15) is 17.2 Å². The maximum atomic E-state index is 11.7. The van der Waals surface area contributed by atoms with Crippen molar-refractivity contribution in [3.63, 3.8) is 0 Å². The Kier molecular flexibility index (Phi) is 5.88. The highest BCUT2D eigenvalue weighted by molar-refractivity contribution is 5.92. The van der Waals surface area contributed by atoms with Crippen LogP contribution in [0, 0.1) is 0 Å². The molecule has 0 aliphatic carbocycles. The normalized spacial score (nSPS) is 14.0. The average Bonchev–Trinajstić information content (AvgIpc) is 2.72. The van der Waals surface area contributed by atoms with E-state index in [0.29, 0.717) is 17.9 Å². The Morgan fingerprint density at radius 3 is 2.73 bits per heavy atom. The highest BCUT2D eigenvalue weighted by atomic mass is 16.5. The van der Waals surface area contributed by atoms with E-state index in [1.54, 1.807) is 12.1 Å². The molecule has 0 aromatic carbocycles. The highest BCUT2D eigenvalue weighted by Crippen LogP contribution is 2.21. The van der Waals surface area contributed by atoms with Crippen LogP contribution in [0.15, 0.2) is 30.5 Å². The standard InChI is InChI=1S/C19H24N4O3/c1-25-18-15(19(24)26-2)6-7-16(22-18)21-13-14-8-9-20-17(12-14)23-10-4-3-5-11-23/h6-9,12H,3-5,10-11,13H2,1-2H3,(H,21,22). The summed E-state index contributed by atoms with van der Waals surface area (Å²) in [5.41, 5.74) is 1.43. The van der Waals surface area contributed by atoms with Crippen molar-refractivity contribution in [2.45, 2.75) is 25.8 Å². The number of aromatic nitrogens is 2. The number of hydrogen-bond acceptors (Lipinski definition) is 7. The number of nitrogens with one attached hydrogen (secondary N) is 1. The van der Waals surface area contributed by atoms with E-state index in [4.69, 9.17) is 9.47 Å². The molecule has 138 valence electrons. The molecule has 1 fully saturated rings. The molecule has 1 N–H and O–H groups in total. The van der Waals surface area contributed by atoms with Crippen LogP contribution in [0.2, 0.25) is 0 Å². The van der Waals surface area contributed by atoms with Gasteiger partial charge in [-0.05, 0) is 49.1 Å². The fraction of sp³-hybridized carbons (Fsp3) is 0.421. The number of carbonyl (C=O) groups excluding carboxylic acids is 1. The first-order chi connectivity index (χ1) is 12.7. The van der Waals surface area contributed by atoms with Crippen molar-refractivity contribution in [2.24, 2.45) is 0 Å². The second-order valence-electron chi connectivity index (χ2n) is 6.17. The summed E-state index contributed by atoms with van der Waals surface area (Å²) in [7, 11) is 2.81. The van der Waals surface area contributed by atoms with Crippen molar-refractivity contribution < 1.29 is 14.3 Å². The van der Waals surface area contributed by atoms with Gasteiger partial charge in [-0.2, -0.15) is 4.98 Å². The molecule has 7 nitrogen and oxygen atoms in total. The van der Waals surface area contributed by atoms with Crippen molar-refractivity contribution >= 4 is 17.6 Å². The number of ether oxygens (including phenoxy) is 2. The van der Waals surface area contributed by atoms with Crippen LogP contribution in [0.5, 0.6) is 5.88 Å². The molecular formula is C19H24N4O3. The Hall–Kier alpha value is -2.83. The van der Waals surface area contributed by atoms with Gasteiger partial charge in [-0.1, -0.05) is 0 Å². The van der Waals surface area contributed by atoms with E-state index in [-0.39, 0.29) is 5.88 Å². The first kappa shape index (κ1) is 18.0. The number of hydrogen-bond donors (Lipinski definition) is 1. The Labute approximate surface area is 153 Å². The second kappa shape index (κ2) is 8.51. The maximum Gasteiger partial charge on any atom is 0.343 e. The molecule has 2 aromatic heterocycles. The Bertz CT molecular complexity index is 760. The number of nitrogens with zero attached hydrogens (tertiary/aromatic N) is 3. The largest absolute Gasteiger partial charge is 0.480 e. The van der Waals surface area contributed by atoms with Crippen molar-refractivity contribution in [1.29, 1.82) is 0 Å². The average molecular weight is 356 g/mol. The van der Waals surface area contributed by atoms with Crippen molar-refractivity contribution in [3.8, 4) is 5.88 Å². The maximum absolute atomic E-state index is 11.7. The zero-order chi connectivity index (χ0) is 18.4. The Morgan fingerprint density at radius 2 is 2.00 bits per heavy atom. The van der Waals surface area contributed by atoms with Gasteiger partial charge < -0.3 is 19.7 Å². The molecule has 0 unspecified atom stereocenters. The summed E-state index contributed by atoms with van der Waals surface area (Å²) in [6.07, 6.45) is 5.59. The molecule has 2 aromatic rings. The lowest BCUT2D eigenvalue weighted by molar-refractivity contribution is 0.0596. The van der Waals surface area contributed by atoms with E-state index in [0.717, 1.165) is 24.5 Å². The van der Waals surface area contributed by atoms with E-state index < -0.39 is 5.97 Å². The predicted molar refractivity (Wildman–Crippen MR) is 99.8 cm³/mol. The van der Waals surface area contributed by atoms with Gasteiger partial charge >= 0.3 is 5.97 Å². The van der Waals surface area contributed by atoms with E-state index in [9.17, 15) is 4.79 Å². The van der Waals surface area contributed by atoms with Crippen LogP contribution in [-0.2, 0) is 11.3 Å². The van der Waals surface area contributed by atoms with Gasteiger partial charge in [0.15, 0.2) is 0 Å².